The Balaban J connectivity index is 1.95. The molecule has 20 heavy (non-hydrogen) atoms. The van der Waals surface area contributed by atoms with Gasteiger partial charge in [-0.15, -0.1) is 0 Å². The molecule has 0 aliphatic carbocycles. The molecule has 0 radical (unpaired) electrons. The number of hydrogen-bond acceptors (Lipinski definition) is 4. The normalized spacial score (nSPS) is 25.0. The zero-order chi connectivity index (χ0) is 14.4. The number of amides is 1. The second kappa shape index (κ2) is 7.96. The lowest BCUT2D eigenvalue weighted by atomic mass is 10.0. The van der Waals surface area contributed by atoms with Crippen LogP contribution < -0.4 is 5.32 Å². The molecule has 2 rings (SSSR count). The van der Waals surface area contributed by atoms with Crippen molar-refractivity contribution < 1.29 is 9.53 Å². The minimum Gasteiger partial charge on any atom is -0.383 e. The van der Waals surface area contributed by atoms with E-state index in [2.05, 4.69) is 17.1 Å². The van der Waals surface area contributed by atoms with Gasteiger partial charge >= 0.3 is 0 Å². The van der Waals surface area contributed by atoms with Crippen LogP contribution in [0.1, 0.15) is 32.6 Å². The number of ether oxygens (including phenoxy) is 1. The van der Waals surface area contributed by atoms with Crippen LogP contribution in [-0.2, 0) is 9.53 Å². The molecule has 0 aromatic rings. The van der Waals surface area contributed by atoms with Crippen molar-refractivity contribution in [1.29, 1.82) is 0 Å². The molecule has 2 fully saturated rings. The quantitative estimate of drug-likeness (QED) is 0.779. The topological polar surface area (TPSA) is 44.8 Å². The standard InChI is InChI=1S/C15H29N3O2/c1-3-17(11-12-20-2)15(19)14-5-4-10-18(14)13-6-8-16-9-7-13/h13-14,16H,3-12H2,1-2H3. The average Bonchev–Trinajstić information content (AvgIpc) is 2.98. The van der Waals surface area contributed by atoms with Crippen molar-refractivity contribution in [3.05, 3.63) is 0 Å². The second-order valence-electron chi connectivity index (χ2n) is 5.79. The predicted molar refractivity (Wildman–Crippen MR) is 79.7 cm³/mol. The van der Waals surface area contributed by atoms with Crippen molar-refractivity contribution in [3.8, 4) is 0 Å². The van der Waals surface area contributed by atoms with E-state index < -0.39 is 0 Å². The molecular weight excluding hydrogens is 254 g/mol. The van der Waals surface area contributed by atoms with Crippen LogP contribution in [-0.4, -0.2) is 74.2 Å². The highest BCUT2D eigenvalue weighted by molar-refractivity contribution is 5.82. The summed E-state index contributed by atoms with van der Waals surface area (Å²) in [5, 5.41) is 3.41. The van der Waals surface area contributed by atoms with Crippen molar-refractivity contribution in [3.63, 3.8) is 0 Å². The van der Waals surface area contributed by atoms with Gasteiger partial charge in [-0.3, -0.25) is 9.69 Å². The largest absolute Gasteiger partial charge is 0.383 e. The van der Waals surface area contributed by atoms with Crippen molar-refractivity contribution >= 4 is 5.91 Å². The molecule has 1 amide bonds. The fraction of sp³-hybridized carbons (Fsp3) is 0.933. The average molecular weight is 283 g/mol. The number of rotatable bonds is 6. The first-order chi connectivity index (χ1) is 9.77. The predicted octanol–water partition coefficient (Wildman–Crippen LogP) is 0.698. The first-order valence-corrected chi connectivity index (χ1v) is 8.02. The summed E-state index contributed by atoms with van der Waals surface area (Å²) in [5.74, 6) is 0.306. The number of carbonyl (C=O) groups is 1. The molecule has 2 aliphatic rings. The van der Waals surface area contributed by atoms with Crippen LogP contribution in [0.3, 0.4) is 0 Å². The van der Waals surface area contributed by atoms with Crippen molar-refractivity contribution in [2.75, 3.05) is 46.4 Å². The maximum absolute atomic E-state index is 12.7. The number of methoxy groups -OCH3 is 1. The fourth-order valence-electron chi connectivity index (χ4n) is 3.47. The molecule has 1 atom stereocenters. The highest BCUT2D eigenvalue weighted by atomic mass is 16.5. The molecule has 1 unspecified atom stereocenters. The Bertz CT molecular complexity index is 305. The van der Waals surface area contributed by atoms with Gasteiger partial charge in [0, 0.05) is 26.2 Å². The number of likely N-dealkylation sites (tertiary alicyclic amines) is 1. The molecule has 2 aliphatic heterocycles. The van der Waals surface area contributed by atoms with Crippen LogP contribution in [0.15, 0.2) is 0 Å². The van der Waals surface area contributed by atoms with E-state index in [1.807, 2.05) is 4.90 Å². The lowest BCUT2D eigenvalue weighted by Gasteiger charge is -2.37. The Morgan fingerprint density at radius 1 is 1.35 bits per heavy atom. The molecule has 5 heteroatoms. The SMILES string of the molecule is CCN(CCOC)C(=O)C1CCCN1C1CCNCC1. The van der Waals surface area contributed by atoms with Crippen molar-refractivity contribution in [2.24, 2.45) is 0 Å². The van der Waals surface area contributed by atoms with Gasteiger partial charge in [0.2, 0.25) is 5.91 Å². The van der Waals surface area contributed by atoms with Crippen LogP contribution in [0.4, 0.5) is 0 Å². The van der Waals surface area contributed by atoms with Gasteiger partial charge in [-0.25, -0.2) is 0 Å². The lowest BCUT2D eigenvalue weighted by molar-refractivity contribution is -0.137. The van der Waals surface area contributed by atoms with Crippen LogP contribution in [0.2, 0.25) is 0 Å². The highest BCUT2D eigenvalue weighted by Crippen LogP contribution is 2.25. The monoisotopic (exact) mass is 283 g/mol. The third-order valence-electron chi connectivity index (χ3n) is 4.62. The molecule has 2 saturated heterocycles. The first-order valence-electron chi connectivity index (χ1n) is 8.02. The summed E-state index contributed by atoms with van der Waals surface area (Å²) >= 11 is 0. The summed E-state index contributed by atoms with van der Waals surface area (Å²) < 4.78 is 5.11. The van der Waals surface area contributed by atoms with Gasteiger partial charge in [0.1, 0.15) is 0 Å². The van der Waals surface area contributed by atoms with Gasteiger partial charge in [-0.2, -0.15) is 0 Å². The van der Waals surface area contributed by atoms with Gasteiger partial charge in [0.05, 0.1) is 12.6 Å². The molecule has 1 N–H and O–H groups in total. The van der Waals surface area contributed by atoms with Gasteiger partial charge < -0.3 is 15.0 Å². The highest BCUT2D eigenvalue weighted by Gasteiger charge is 2.37. The third-order valence-corrected chi connectivity index (χ3v) is 4.62. The maximum Gasteiger partial charge on any atom is 0.240 e. The van der Waals surface area contributed by atoms with E-state index in [1.54, 1.807) is 7.11 Å². The van der Waals surface area contributed by atoms with E-state index >= 15 is 0 Å². The molecule has 2 heterocycles. The molecule has 0 aromatic carbocycles. The number of nitrogens with zero attached hydrogens (tertiary/aromatic N) is 2. The molecule has 116 valence electrons. The maximum atomic E-state index is 12.7. The van der Waals surface area contributed by atoms with Crippen LogP contribution >= 0.6 is 0 Å². The number of hydrogen-bond donors (Lipinski definition) is 1. The fourth-order valence-corrected chi connectivity index (χ4v) is 3.47. The summed E-state index contributed by atoms with van der Waals surface area (Å²) in [7, 11) is 1.69. The van der Waals surface area contributed by atoms with E-state index in [4.69, 9.17) is 4.74 Å². The number of nitrogens with one attached hydrogen (secondary N) is 1. The Morgan fingerprint density at radius 3 is 2.75 bits per heavy atom. The molecule has 0 spiro atoms. The smallest absolute Gasteiger partial charge is 0.240 e. The molecule has 5 nitrogen and oxygen atoms in total. The van der Waals surface area contributed by atoms with Crippen molar-refractivity contribution in [2.45, 2.75) is 44.7 Å². The molecule has 0 bridgehead atoms. The number of carbonyl (C=O) groups excluding carboxylic acids is 1. The van der Waals surface area contributed by atoms with E-state index in [-0.39, 0.29) is 6.04 Å². The Labute approximate surface area is 122 Å². The second-order valence-corrected chi connectivity index (χ2v) is 5.79. The van der Waals surface area contributed by atoms with Crippen LogP contribution in [0, 0.1) is 0 Å². The number of piperidine rings is 1. The minimum atomic E-state index is 0.106. The lowest BCUT2D eigenvalue weighted by Crippen LogP contribution is -2.52. The summed E-state index contributed by atoms with van der Waals surface area (Å²) in [6.07, 6.45) is 4.52. The molecular formula is C15H29N3O2. The van der Waals surface area contributed by atoms with E-state index in [0.717, 1.165) is 39.0 Å². The molecule has 0 aromatic heterocycles. The summed E-state index contributed by atoms with van der Waals surface area (Å²) in [4.78, 5) is 17.2. The number of likely N-dealkylation sites (N-methyl/N-ethyl adjacent to an activating group) is 1. The Kier molecular flexibility index (Phi) is 6.26. The van der Waals surface area contributed by atoms with E-state index in [1.165, 1.54) is 12.8 Å². The first kappa shape index (κ1) is 15.7. The molecule has 0 saturated carbocycles. The summed E-state index contributed by atoms with van der Waals surface area (Å²) in [6.45, 7) is 7.42. The summed E-state index contributed by atoms with van der Waals surface area (Å²) in [5.41, 5.74) is 0. The van der Waals surface area contributed by atoms with E-state index in [9.17, 15) is 4.79 Å². The summed E-state index contributed by atoms with van der Waals surface area (Å²) in [6, 6.07) is 0.698. The van der Waals surface area contributed by atoms with Crippen molar-refractivity contribution in [1.82, 2.24) is 15.1 Å². The van der Waals surface area contributed by atoms with Crippen LogP contribution in [0.5, 0.6) is 0 Å². The van der Waals surface area contributed by atoms with Gasteiger partial charge in [-0.1, -0.05) is 0 Å². The Hall–Kier alpha value is -0.650. The van der Waals surface area contributed by atoms with Gasteiger partial charge in [-0.05, 0) is 52.2 Å². The third kappa shape index (κ3) is 3.71. The van der Waals surface area contributed by atoms with E-state index in [0.29, 0.717) is 25.1 Å². The van der Waals surface area contributed by atoms with Gasteiger partial charge in [0.25, 0.3) is 0 Å². The van der Waals surface area contributed by atoms with Gasteiger partial charge in [0.15, 0.2) is 0 Å². The zero-order valence-corrected chi connectivity index (χ0v) is 12.9. The Morgan fingerprint density at radius 2 is 2.10 bits per heavy atom. The van der Waals surface area contributed by atoms with Crippen LogP contribution in [0.25, 0.3) is 0 Å². The minimum absolute atomic E-state index is 0.106. The zero-order valence-electron chi connectivity index (χ0n) is 12.9.